The highest BCUT2D eigenvalue weighted by molar-refractivity contribution is 5.61. The minimum Gasteiger partial charge on any atom is -0.508 e. The van der Waals surface area contributed by atoms with E-state index in [-0.39, 0.29) is 6.04 Å². The van der Waals surface area contributed by atoms with Gasteiger partial charge >= 0.3 is 0 Å². The molecule has 2 N–H and O–H groups in total. The van der Waals surface area contributed by atoms with Crippen LogP contribution < -0.4 is 14.8 Å². The van der Waals surface area contributed by atoms with Crippen molar-refractivity contribution >= 4 is 5.69 Å². The smallest absolute Gasteiger partial charge is 0.142 e. The van der Waals surface area contributed by atoms with Gasteiger partial charge in [0, 0.05) is 11.6 Å². The number of rotatable bonds is 6. The normalized spacial score (nSPS) is 11.8. The Labute approximate surface area is 125 Å². The molecule has 0 amide bonds. The van der Waals surface area contributed by atoms with Crippen LogP contribution in [0.4, 0.5) is 5.69 Å². The van der Waals surface area contributed by atoms with Gasteiger partial charge in [0.1, 0.15) is 17.2 Å². The lowest BCUT2D eigenvalue weighted by Crippen LogP contribution is -2.10. The number of nitrogens with one attached hydrogen (secondary N) is 1. The van der Waals surface area contributed by atoms with Crippen LogP contribution in [0.5, 0.6) is 17.2 Å². The first-order valence-corrected chi connectivity index (χ1v) is 6.96. The summed E-state index contributed by atoms with van der Waals surface area (Å²) < 4.78 is 10.6. The third-order valence-corrected chi connectivity index (χ3v) is 3.46. The van der Waals surface area contributed by atoms with Gasteiger partial charge in [0.05, 0.1) is 25.9 Å². The fraction of sp³-hybridized carbons (Fsp3) is 0.294. The molecule has 21 heavy (non-hydrogen) atoms. The van der Waals surface area contributed by atoms with Crippen molar-refractivity contribution in [1.29, 1.82) is 0 Å². The molecule has 1 atom stereocenters. The molecule has 0 spiro atoms. The lowest BCUT2D eigenvalue weighted by molar-refractivity contribution is 0.404. The standard InChI is InChI=1S/C17H21NO3/c1-4-14(13-7-5-6-8-16(13)19)18-15-11-12(20-2)9-10-17(15)21-3/h5-11,14,18-19H,4H2,1-3H3. The summed E-state index contributed by atoms with van der Waals surface area (Å²) in [5.74, 6) is 1.79. The van der Waals surface area contributed by atoms with E-state index in [1.807, 2.05) is 36.4 Å². The molecule has 4 heteroatoms. The molecule has 4 nitrogen and oxygen atoms in total. The first-order valence-electron chi connectivity index (χ1n) is 6.96. The van der Waals surface area contributed by atoms with Gasteiger partial charge in [-0.1, -0.05) is 25.1 Å². The van der Waals surface area contributed by atoms with Crippen molar-refractivity contribution in [2.24, 2.45) is 0 Å². The SMILES string of the molecule is CCC(Nc1cc(OC)ccc1OC)c1ccccc1O. The van der Waals surface area contributed by atoms with E-state index in [9.17, 15) is 5.11 Å². The van der Waals surface area contributed by atoms with Gasteiger partial charge in [-0.3, -0.25) is 0 Å². The van der Waals surface area contributed by atoms with Crippen LogP contribution in [0.3, 0.4) is 0 Å². The second kappa shape index (κ2) is 6.88. The van der Waals surface area contributed by atoms with E-state index < -0.39 is 0 Å². The fourth-order valence-electron chi connectivity index (χ4n) is 2.30. The monoisotopic (exact) mass is 287 g/mol. The summed E-state index contributed by atoms with van der Waals surface area (Å²) in [6.45, 7) is 2.07. The molecule has 0 aliphatic carbocycles. The number of methoxy groups -OCH3 is 2. The summed E-state index contributed by atoms with van der Waals surface area (Å²) >= 11 is 0. The quantitative estimate of drug-likeness (QED) is 0.844. The molecule has 2 rings (SSSR count). The van der Waals surface area contributed by atoms with Crippen LogP contribution in [-0.2, 0) is 0 Å². The van der Waals surface area contributed by atoms with E-state index >= 15 is 0 Å². The molecule has 0 bridgehead atoms. The maximum absolute atomic E-state index is 10.0. The zero-order chi connectivity index (χ0) is 15.2. The first-order chi connectivity index (χ1) is 10.2. The van der Waals surface area contributed by atoms with Gasteiger partial charge in [-0.2, -0.15) is 0 Å². The highest BCUT2D eigenvalue weighted by Crippen LogP contribution is 2.35. The van der Waals surface area contributed by atoms with E-state index in [1.165, 1.54) is 0 Å². The highest BCUT2D eigenvalue weighted by Gasteiger charge is 2.15. The predicted molar refractivity (Wildman–Crippen MR) is 84.3 cm³/mol. The second-order valence-electron chi connectivity index (χ2n) is 4.73. The van der Waals surface area contributed by atoms with Gasteiger partial charge in [0.15, 0.2) is 0 Å². The van der Waals surface area contributed by atoms with Crippen LogP contribution in [-0.4, -0.2) is 19.3 Å². The Bertz CT molecular complexity index is 598. The molecule has 0 fully saturated rings. The number of benzene rings is 2. The summed E-state index contributed by atoms with van der Waals surface area (Å²) in [6, 6.07) is 12.9. The summed E-state index contributed by atoms with van der Waals surface area (Å²) in [6.07, 6.45) is 0.831. The lowest BCUT2D eigenvalue weighted by Gasteiger charge is -2.21. The molecule has 0 aliphatic rings. The molecule has 2 aromatic rings. The average molecular weight is 287 g/mol. The van der Waals surface area contributed by atoms with E-state index in [0.717, 1.165) is 29.2 Å². The maximum atomic E-state index is 10.0. The average Bonchev–Trinajstić information content (AvgIpc) is 2.53. The molecule has 0 saturated carbocycles. The number of hydrogen-bond donors (Lipinski definition) is 2. The Kier molecular flexibility index (Phi) is 4.93. The van der Waals surface area contributed by atoms with Crippen molar-refractivity contribution in [3.8, 4) is 17.2 Å². The van der Waals surface area contributed by atoms with Crippen LogP contribution in [0.15, 0.2) is 42.5 Å². The molecule has 0 aliphatic heterocycles. The summed E-state index contributed by atoms with van der Waals surface area (Å²) in [5, 5.41) is 13.4. The molecule has 0 saturated heterocycles. The largest absolute Gasteiger partial charge is 0.508 e. The first kappa shape index (κ1) is 15.0. The van der Waals surface area contributed by atoms with E-state index in [1.54, 1.807) is 20.3 Å². The van der Waals surface area contributed by atoms with Crippen LogP contribution in [0.25, 0.3) is 0 Å². The Balaban J connectivity index is 2.32. The molecular formula is C17H21NO3. The molecule has 0 heterocycles. The Morgan fingerprint density at radius 3 is 2.48 bits per heavy atom. The van der Waals surface area contributed by atoms with Crippen molar-refractivity contribution in [3.63, 3.8) is 0 Å². The van der Waals surface area contributed by atoms with Crippen molar-refractivity contribution in [1.82, 2.24) is 0 Å². The number of phenolic OH excluding ortho intramolecular Hbond substituents is 1. The lowest BCUT2D eigenvalue weighted by atomic mass is 10.0. The van der Waals surface area contributed by atoms with Crippen molar-refractivity contribution in [2.45, 2.75) is 19.4 Å². The van der Waals surface area contributed by atoms with Crippen molar-refractivity contribution in [2.75, 3.05) is 19.5 Å². The summed E-state index contributed by atoms with van der Waals surface area (Å²) in [7, 11) is 3.26. The second-order valence-corrected chi connectivity index (χ2v) is 4.73. The van der Waals surface area contributed by atoms with Crippen LogP contribution in [0, 0.1) is 0 Å². The molecule has 0 radical (unpaired) electrons. The zero-order valence-corrected chi connectivity index (χ0v) is 12.6. The third-order valence-electron chi connectivity index (χ3n) is 3.46. The molecule has 2 aromatic carbocycles. The molecule has 112 valence electrons. The Morgan fingerprint density at radius 1 is 1.10 bits per heavy atom. The molecule has 1 unspecified atom stereocenters. The fourth-order valence-corrected chi connectivity index (χ4v) is 2.30. The number of aromatic hydroxyl groups is 1. The zero-order valence-electron chi connectivity index (χ0n) is 12.6. The van der Waals surface area contributed by atoms with E-state index in [4.69, 9.17) is 9.47 Å². The highest BCUT2D eigenvalue weighted by atomic mass is 16.5. The number of hydrogen-bond acceptors (Lipinski definition) is 4. The Hall–Kier alpha value is -2.36. The summed E-state index contributed by atoms with van der Waals surface area (Å²) in [4.78, 5) is 0. The molecular weight excluding hydrogens is 266 g/mol. The number of ether oxygens (including phenoxy) is 2. The minimum absolute atomic E-state index is 0.00722. The van der Waals surface area contributed by atoms with Gasteiger partial charge in [-0.25, -0.2) is 0 Å². The summed E-state index contributed by atoms with van der Waals surface area (Å²) in [5.41, 5.74) is 1.71. The number of phenols is 1. The number of anilines is 1. The van der Waals surface area contributed by atoms with Crippen molar-refractivity contribution in [3.05, 3.63) is 48.0 Å². The predicted octanol–water partition coefficient (Wildman–Crippen LogP) is 3.97. The topological polar surface area (TPSA) is 50.7 Å². The van der Waals surface area contributed by atoms with Gasteiger partial charge in [0.25, 0.3) is 0 Å². The van der Waals surface area contributed by atoms with Gasteiger partial charge in [0.2, 0.25) is 0 Å². The molecule has 0 aromatic heterocycles. The number of para-hydroxylation sites is 1. The third kappa shape index (κ3) is 3.40. The Morgan fingerprint density at radius 2 is 1.86 bits per heavy atom. The van der Waals surface area contributed by atoms with Gasteiger partial charge in [-0.15, -0.1) is 0 Å². The van der Waals surface area contributed by atoms with Gasteiger partial charge < -0.3 is 19.9 Å². The maximum Gasteiger partial charge on any atom is 0.142 e. The van der Waals surface area contributed by atoms with Crippen LogP contribution in [0.1, 0.15) is 24.9 Å². The van der Waals surface area contributed by atoms with Crippen LogP contribution in [0.2, 0.25) is 0 Å². The van der Waals surface area contributed by atoms with Gasteiger partial charge in [-0.05, 0) is 24.6 Å². The van der Waals surface area contributed by atoms with Crippen molar-refractivity contribution < 1.29 is 14.6 Å². The van der Waals surface area contributed by atoms with Crippen LogP contribution >= 0.6 is 0 Å². The minimum atomic E-state index is -0.00722. The van der Waals surface area contributed by atoms with E-state index in [2.05, 4.69) is 12.2 Å². The van der Waals surface area contributed by atoms with E-state index in [0.29, 0.717) is 5.75 Å².